The number of hydrogen-bond donors (Lipinski definition) is 2. The molecular weight excluding hydrogens is 322 g/mol. The van der Waals surface area contributed by atoms with Gasteiger partial charge in [-0.1, -0.05) is 13.8 Å². The number of morpholine rings is 1. The van der Waals surface area contributed by atoms with Crippen LogP contribution < -0.4 is 10.6 Å². The summed E-state index contributed by atoms with van der Waals surface area (Å²) >= 11 is 0. The van der Waals surface area contributed by atoms with Crippen LogP contribution in [0.4, 0.5) is 0 Å². The van der Waals surface area contributed by atoms with E-state index in [9.17, 15) is 9.59 Å². The zero-order valence-corrected chi connectivity index (χ0v) is 15.5. The van der Waals surface area contributed by atoms with Gasteiger partial charge in [-0.3, -0.25) is 14.5 Å². The van der Waals surface area contributed by atoms with Gasteiger partial charge in [0.2, 0.25) is 5.91 Å². The lowest BCUT2D eigenvalue weighted by Crippen LogP contribution is -2.57. The number of carbonyl (C=O) groups excluding carboxylic acids is 2. The summed E-state index contributed by atoms with van der Waals surface area (Å²) in [5.41, 5.74) is 0. The molecule has 1 aromatic rings. The van der Waals surface area contributed by atoms with Crippen molar-refractivity contribution in [1.82, 2.24) is 15.5 Å². The fourth-order valence-electron chi connectivity index (χ4n) is 3.30. The zero-order valence-electron chi connectivity index (χ0n) is 15.5. The van der Waals surface area contributed by atoms with Gasteiger partial charge in [0.1, 0.15) is 0 Å². The topological polar surface area (TPSA) is 83.8 Å². The molecule has 3 unspecified atom stereocenters. The molecule has 0 saturated carbocycles. The third-order valence-corrected chi connectivity index (χ3v) is 4.20. The Morgan fingerprint density at radius 1 is 1.20 bits per heavy atom. The van der Waals surface area contributed by atoms with E-state index in [1.165, 1.54) is 6.26 Å². The molecule has 25 heavy (non-hydrogen) atoms. The minimum absolute atomic E-state index is 0.0106. The Kier molecular flexibility index (Phi) is 7.01. The third kappa shape index (κ3) is 5.57. The fraction of sp³-hybridized carbons (Fsp3) is 0.667. The Labute approximate surface area is 149 Å². The molecule has 2 amide bonds. The van der Waals surface area contributed by atoms with Crippen molar-refractivity contribution in [3.05, 3.63) is 24.2 Å². The maximum atomic E-state index is 12.6. The Hall–Kier alpha value is -1.86. The molecule has 0 radical (unpaired) electrons. The SMILES string of the molecule is CC1CN(C(C(=O)NCCNC(=O)c2ccco2)C(C)C)CC(C)O1. The molecule has 1 fully saturated rings. The predicted molar refractivity (Wildman–Crippen MR) is 94.3 cm³/mol. The monoisotopic (exact) mass is 351 g/mol. The standard InChI is InChI=1S/C18H29N3O4/c1-12(2)16(21-10-13(3)25-14(4)11-21)18(23)20-8-7-19-17(22)15-6-5-9-24-15/h5-6,9,12-14,16H,7-8,10-11H2,1-4H3,(H,19,22)(H,20,23). The van der Waals surface area contributed by atoms with Crippen molar-refractivity contribution in [3.8, 4) is 0 Å². The Balaban J connectivity index is 1.81. The average Bonchev–Trinajstić information content (AvgIpc) is 3.04. The first-order valence-corrected chi connectivity index (χ1v) is 8.87. The molecule has 0 aliphatic carbocycles. The van der Waals surface area contributed by atoms with Crippen molar-refractivity contribution in [2.45, 2.75) is 45.9 Å². The van der Waals surface area contributed by atoms with Crippen molar-refractivity contribution >= 4 is 11.8 Å². The second-order valence-electron chi connectivity index (χ2n) is 6.92. The second kappa shape index (κ2) is 9.01. The molecule has 1 aliphatic heterocycles. The van der Waals surface area contributed by atoms with Gasteiger partial charge in [0, 0.05) is 26.2 Å². The van der Waals surface area contributed by atoms with E-state index in [2.05, 4.69) is 15.5 Å². The molecule has 2 N–H and O–H groups in total. The van der Waals surface area contributed by atoms with Crippen LogP contribution >= 0.6 is 0 Å². The van der Waals surface area contributed by atoms with Crippen LogP contribution in [0.2, 0.25) is 0 Å². The number of ether oxygens (including phenoxy) is 1. The normalized spacial score (nSPS) is 22.6. The number of nitrogens with zero attached hydrogens (tertiary/aromatic N) is 1. The van der Waals surface area contributed by atoms with Crippen LogP contribution in [0.15, 0.2) is 22.8 Å². The summed E-state index contributed by atoms with van der Waals surface area (Å²) in [6.07, 6.45) is 1.68. The van der Waals surface area contributed by atoms with Gasteiger partial charge in [-0.25, -0.2) is 0 Å². The molecule has 1 aromatic heterocycles. The molecule has 7 nitrogen and oxygen atoms in total. The van der Waals surface area contributed by atoms with E-state index in [4.69, 9.17) is 9.15 Å². The van der Waals surface area contributed by atoms with Crippen LogP contribution in [0.1, 0.15) is 38.2 Å². The van der Waals surface area contributed by atoms with E-state index < -0.39 is 0 Å². The molecule has 7 heteroatoms. The Bertz CT molecular complexity index is 549. The number of nitrogens with one attached hydrogen (secondary N) is 2. The minimum atomic E-state index is -0.282. The van der Waals surface area contributed by atoms with E-state index in [1.54, 1.807) is 12.1 Å². The zero-order chi connectivity index (χ0) is 18.4. The van der Waals surface area contributed by atoms with Crippen molar-refractivity contribution in [2.75, 3.05) is 26.2 Å². The minimum Gasteiger partial charge on any atom is -0.459 e. The van der Waals surface area contributed by atoms with E-state index >= 15 is 0 Å². The van der Waals surface area contributed by atoms with E-state index in [1.807, 2.05) is 27.7 Å². The number of carbonyl (C=O) groups is 2. The van der Waals surface area contributed by atoms with Crippen LogP contribution in [0.3, 0.4) is 0 Å². The molecule has 2 rings (SSSR count). The van der Waals surface area contributed by atoms with Gasteiger partial charge in [0.15, 0.2) is 5.76 Å². The van der Waals surface area contributed by atoms with Crippen LogP contribution in [0.5, 0.6) is 0 Å². The van der Waals surface area contributed by atoms with Crippen molar-refractivity contribution in [3.63, 3.8) is 0 Å². The smallest absolute Gasteiger partial charge is 0.287 e. The molecule has 140 valence electrons. The van der Waals surface area contributed by atoms with Crippen molar-refractivity contribution < 1.29 is 18.7 Å². The first-order chi connectivity index (χ1) is 11.9. The lowest BCUT2D eigenvalue weighted by atomic mass is 9.99. The van der Waals surface area contributed by atoms with Gasteiger partial charge in [-0.2, -0.15) is 0 Å². The number of hydrogen-bond acceptors (Lipinski definition) is 5. The second-order valence-corrected chi connectivity index (χ2v) is 6.92. The molecular formula is C18H29N3O4. The molecule has 3 atom stereocenters. The summed E-state index contributed by atoms with van der Waals surface area (Å²) in [5.74, 6) is 0.164. The lowest BCUT2D eigenvalue weighted by molar-refractivity contribution is -0.135. The number of amides is 2. The van der Waals surface area contributed by atoms with Gasteiger partial charge in [0.05, 0.1) is 24.5 Å². The third-order valence-electron chi connectivity index (χ3n) is 4.20. The highest BCUT2D eigenvalue weighted by Gasteiger charge is 2.33. The maximum Gasteiger partial charge on any atom is 0.287 e. The highest BCUT2D eigenvalue weighted by atomic mass is 16.5. The molecule has 0 aromatic carbocycles. The van der Waals surface area contributed by atoms with Crippen LogP contribution in [0.25, 0.3) is 0 Å². The van der Waals surface area contributed by atoms with Crippen LogP contribution in [0, 0.1) is 5.92 Å². The predicted octanol–water partition coefficient (Wildman–Crippen LogP) is 1.26. The Morgan fingerprint density at radius 3 is 2.40 bits per heavy atom. The maximum absolute atomic E-state index is 12.6. The van der Waals surface area contributed by atoms with Gasteiger partial charge in [0.25, 0.3) is 5.91 Å². The molecule has 0 bridgehead atoms. The van der Waals surface area contributed by atoms with Gasteiger partial charge in [-0.15, -0.1) is 0 Å². The lowest BCUT2D eigenvalue weighted by Gasteiger charge is -2.41. The first kappa shape index (κ1) is 19.5. The Morgan fingerprint density at radius 2 is 1.84 bits per heavy atom. The van der Waals surface area contributed by atoms with Crippen LogP contribution in [-0.2, 0) is 9.53 Å². The van der Waals surface area contributed by atoms with Crippen molar-refractivity contribution in [1.29, 1.82) is 0 Å². The summed E-state index contributed by atoms with van der Waals surface area (Å²) < 4.78 is 10.8. The summed E-state index contributed by atoms with van der Waals surface area (Å²) in [7, 11) is 0. The largest absolute Gasteiger partial charge is 0.459 e. The van der Waals surface area contributed by atoms with Crippen LogP contribution in [-0.4, -0.2) is 61.1 Å². The highest BCUT2D eigenvalue weighted by molar-refractivity contribution is 5.91. The van der Waals surface area contributed by atoms with E-state index in [-0.39, 0.29) is 41.7 Å². The summed E-state index contributed by atoms with van der Waals surface area (Å²) in [5, 5.41) is 5.65. The molecule has 2 heterocycles. The van der Waals surface area contributed by atoms with Gasteiger partial charge < -0.3 is 19.8 Å². The van der Waals surface area contributed by atoms with E-state index in [0.717, 1.165) is 13.1 Å². The highest BCUT2D eigenvalue weighted by Crippen LogP contribution is 2.18. The summed E-state index contributed by atoms with van der Waals surface area (Å²) in [6, 6.07) is 3.06. The fourth-order valence-corrected chi connectivity index (χ4v) is 3.30. The van der Waals surface area contributed by atoms with E-state index in [0.29, 0.717) is 13.1 Å². The summed E-state index contributed by atoms with van der Waals surface area (Å²) in [6.45, 7) is 10.4. The quantitative estimate of drug-likeness (QED) is 0.723. The van der Waals surface area contributed by atoms with Gasteiger partial charge >= 0.3 is 0 Å². The van der Waals surface area contributed by atoms with Gasteiger partial charge in [-0.05, 0) is 31.9 Å². The average molecular weight is 351 g/mol. The summed E-state index contributed by atoms with van der Waals surface area (Å²) in [4.78, 5) is 26.6. The first-order valence-electron chi connectivity index (χ1n) is 8.87. The molecule has 1 aliphatic rings. The molecule has 0 spiro atoms. The number of rotatable bonds is 7. The molecule has 1 saturated heterocycles. The van der Waals surface area contributed by atoms with Crippen molar-refractivity contribution in [2.24, 2.45) is 5.92 Å². The number of furan rings is 1.